The first-order valence-electron chi connectivity index (χ1n) is 10.7. The maximum atomic E-state index is 12.5. The van der Waals surface area contributed by atoms with E-state index in [4.69, 9.17) is 9.84 Å². The molecule has 9 heteroatoms. The molecule has 2 amide bonds. The molecule has 0 unspecified atom stereocenters. The highest BCUT2D eigenvalue weighted by atomic mass is 16.5. The van der Waals surface area contributed by atoms with Crippen LogP contribution < -0.4 is 10.1 Å². The van der Waals surface area contributed by atoms with Crippen LogP contribution >= 0.6 is 0 Å². The number of nitrogens with one attached hydrogen (secondary N) is 2. The fourth-order valence-electron chi connectivity index (χ4n) is 3.68. The van der Waals surface area contributed by atoms with Crippen molar-refractivity contribution in [3.63, 3.8) is 0 Å². The van der Waals surface area contributed by atoms with Crippen molar-refractivity contribution in [3.05, 3.63) is 71.9 Å². The summed E-state index contributed by atoms with van der Waals surface area (Å²) in [7, 11) is 0. The molecule has 3 N–H and O–H groups in total. The minimum atomic E-state index is -1.01. The fourth-order valence-corrected chi connectivity index (χ4v) is 3.68. The topological polar surface area (TPSA) is 125 Å². The number of carboxylic acid groups (broad SMARTS) is 1. The highest BCUT2D eigenvalue weighted by molar-refractivity contribution is 5.95. The van der Waals surface area contributed by atoms with Crippen LogP contribution in [0.1, 0.15) is 33.7 Å². The van der Waals surface area contributed by atoms with E-state index in [1.807, 2.05) is 30.3 Å². The van der Waals surface area contributed by atoms with Gasteiger partial charge in [-0.2, -0.15) is 5.10 Å². The van der Waals surface area contributed by atoms with E-state index in [0.29, 0.717) is 31.7 Å². The molecule has 0 bridgehead atoms. The quantitative estimate of drug-likeness (QED) is 0.510. The number of H-pyrrole nitrogens is 1. The number of likely N-dealkylation sites (tertiary alicyclic amines) is 1. The molecule has 9 nitrogen and oxygen atoms in total. The Balaban J connectivity index is 1.23. The van der Waals surface area contributed by atoms with E-state index >= 15 is 0 Å². The number of aromatic carboxylic acids is 1. The molecule has 0 radical (unpaired) electrons. The zero-order valence-electron chi connectivity index (χ0n) is 17.9. The van der Waals surface area contributed by atoms with Gasteiger partial charge in [0.25, 0.3) is 5.91 Å². The number of carbonyl (C=O) groups excluding carboxylic acids is 2. The second-order valence-corrected chi connectivity index (χ2v) is 7.75. The summed E-state index contributed by atoms with van der Waals surface area (Å²) in [5, 5.41) is 18.6. The number of aromatic nitrogens is 2. The van der Waals surface area contributed by atoms with Gasteiger partial charge < -0.3 is 20.1 Å². The van der Waals surface area contributed by atoms with Crippen molar-refractivity contribution in [3.8, 4) is 17.0 Å². The standard InChI is InChI=1S/C24H24N4O5/c29-22(15-25-23(30)21-14-20(26-27-21)16-5-2-1-3-6-16)28-11-9-18(10-12-28)33-19-8-4-7-17(13-19)24(31)32/h1-8,13-14,18H,9-12,15H2,(H,25,30)(H,26,27)(H,31,32). The van der Waals surface area contributed by atoms with Crippen molar-refractivity contribution in [1.82, 2.24) is 20.4 Å². The minimum absolute atomic E-state index is 0.104. The van der Waals surface area contributed by atoms with Crippen LogP contribution in [0, 0.1) is 0 Å². The zero-order valence-corrected chi connectivity index (χ0v) is 17.9. The molecule has 2 aromatic carbocycles. The summed E-state index contributed by atoms with van der Waals surface area (Å²) in [5.74, 6) is -1.10. The molecule has 3 aromatic rings. The first-order valence-corrected chi connectivity index (χ1v) is 10.7. The van der Waals surface area contributed by atoms with Crippen LogP contribution in [0.15, 0.2) is 60.7 Å². The van der Waals surface area contributed by atoms with Gasteiger partial charge in [-0.1, -0.05) is 36.4 Å². The van der Waals surface area contributed by atoms with Gasteiger partial charge in [0.1, 0.15) is 11.9 Å². The molecule has 1 aromatic heterocycles. The molecule has 1 aliphatic rings. The average molecular weight is 448 g/mol. The fraction of sp³-hybridized carbons (Fsp3) is 0.250. The molecule has 2 heterocycles. The monoisotopic (exact) mass is 448 g/mol. The second-order valence-electron chi connectivity index (χ2n) is 7.75. The normalized spacial score (nSPS) is 14.0. The first kappa shape index (κ1) is 22.1. The van der Waals surface area contributed by atoms with E-state index in [9.17, 15) is 14.4 Å². The van der Waals surface area contributed by atoms with E-state index < -0.39 is 11.9 Å². The Morgan fingerprint density at radius 3 is 2.55 bits per heavy atom. The maximum absolute atomic E-state index is 12.5. The lowest BCUT2D eigenvalue weighted by molar-refractivity contribution is -0.131. The van der Waals surface area contributed by atoms with E-state index in [2.05, 4.69) is 15.5 Å². The number of piperidine rings is 1. The van der Waals surface area contributed by atoms with E-state index in [1.54, 1.807) is 23.1 Å². The maximum Gasteiger partial charge on any atom is 0.335 e. The van der Waals surface area contributed by atoms with Gasteiger partial charge in [0.05, 0.1) is 17.8 Å². The molecule has 4 rings (SSSR count). The molecule has 33 heavy (non-hydrogen) atoms. The van der Waals surface area contributed by atoms with Gasteiger partial charge in [0.15, 0.2) is 5.69 Å². The lowest BCUT2D eigenvalue weighted by Gasteiger charge is -2.32. The second kappa shape index (κ2) is 9.99. The highest BCUT2D eigenvalue weighted by Gasteiger charge is 2.24. The first-order chi connectivity index (χ1) is 16.0. The number of carboxylic acids is 1. The van der Waals surface area contributed by atoms with Crippen molar-refractivity contribution in [2.75, 3.05) is 19.6 Å². The Bertz CT molecular complexity index is 1140. The third-order valence-electron chi connectivity index (χ3n) is 5.47. The van der Waals surface area contributed by atoms with Gasteiger partial charge in [-0.15, -0.1) is 0 Å². The van der Waals surface area contributed by atoms with Gasteiger partial charge in [-0.3, -0.25) is 14.7 Å². The number of aromatic amines is 1. The summed E-state index contributed by atoms with van der Waals surface area (Å²) in [6, 6.07) is 17.5. The third-order valence-corrected chi connectivity index (χ3v) is 5.47. The molecule has 0 saturated carbocycles. The van der Waals surface area contributed by atoms with Crippen LogP contribution in [0.3, 0.4) is 0 Å². The average Bonchev–Trinajstić information content (AvgIpc) is 3.34. The Hall–Kier alpha value is -4.14. The predicted molar refractivity (Wildman–Crippen MR) is 120 cm³/mol. The smallest absolute Gasteiger partial charge is 0.335 e. The van der Waals surface area contributed by atoms with Crippen molar-refractivity contribution in [2.45, 2.75) is 18.9 Å². The number of benzene rings is 2. The summed E-state index contributed by atoms with van der Waals surface area (Å²) in [6.07, 6.45) is 1.14. The van der Waals surface area contributed by atoms with Crippen LogP contribution in [-0.4, -0.2) is 63.7 Å². The van der Waals surface area contributed by atoms with E-state index in [0.717, 1.165) is 11.3 Å². The predicted octanol–water partition coefficient (Wildman–Crippen LogP) is 2.57. The molecule has 170 valence electrons. The lowest BCUT2D eigenvalue weighted by Crippen LogP contribution is -2.46. The Morgan fingerprint density at radius 1 is 1.06 bits per heavy atom. The molecular weight excluding hydrogens is 424 g/mol. The molecular formula is C24H24N4O5. The van der Waals surface area contributed by atoms with Gasteiger partial charge in [-0.05, 0) is 29.8 Å². The third kappa shape index (κ3) is 5.57. The Labute approximate surface area is 190 Å². The zero-order chi connectivity index (χ0) is 23.2. The van der Waals surface area contributed by atoms with E-state index in [-0.39, 0.29) is 29.8 Å². The number of nitrogens with zero attached hydrogens (tertiary/aromatic N) is 2. The van der Waals surface area contributed by atoms with Crippen LogP contribution in [0.25, 0.3) is 11.3 Å². The van der Waals surface area contributed by atoms with Gasteiger partial charge in [-0.25, -0.2) is 4.79 Å². The molecule has 1 saturated heterocycles. The van der Waals surface area contributed by atoms with Crippen molar-refractivity contribution >= 4 is 17.8 Å². The van der Waals surface area contributed by atoms with E-state index in [1.165, 1.54) is 12.1 Å². The van der Waals surface area contributed by atoms with Crippen LogP contribution in [-0.2, 0) is 4.79 Å². The molecule has 0 aliphatic carbocycles. The highest BCUT2D eigenvalue weighted by Crippen LogP contribution is 2.20. The van der Waals surface area contributed by atoms with Gasteiger partial charge in [0.2, 0.25) is 5.91 Å². The number of hydrogen-bond acceptors (Lipinski definition) is 5. The number of ether oxygens (including phenoxy) is 1. The number of carbonyl (C=O) groups is 3. The summed E-state index contributed by atoms with van der Waals surface area (Å²) in [5.41, 5.74) is 2.03. The Kier molecular flexibility index (Phi) is 6.68. The number of rotatable bonds is 7. The summed E-state index contributed by atoms with van der Waals surface area (Å²) in [4.78, 5) is 37.7. The summed E-state index contributed by atoms with van der Waals surface area (Å²) in [6.45, 7) is 0.885. The van der Waals surface area contributed by atoms with Crippen molar-refractivity contribution < 1.29 is 24.2 Å². The Morgan fingerprint density at radius 2 is 1.82 bits per heavy atom. The molecule has 1 aliphatic heterocycles. The number of hydrogen-bond donors (Lipinski definition) is 3. The van der Waals surface area contributed by atoms with Crippen molar-refractivity contribution in [1.29, 1.82) is 0 Å². The van der Waals surface area contributed by atoms with Gasteiger partial charge >= 0.3 is 5.97 Å². The van der Waals surface area contributed by atoms with Crippen LogP contribution in [0.4, 0.5) is 0 Å². The molecule has 1 fully saturated rings. The largest absolute Gasteiger partial charge is 0.490 e. The lowest BCUT2D eigenvalue weighted by atomic mass is 10.1. The van der Waals surface area contributed by atoms with Gasteiger partial charge in [0, 0.05) is 25.9 Å². The summed E-state index contributed by atoms with van der Waals surface area (Å²) >= 11 is 0. The van der Waals surface area contributed by atoms with Crippen LogP contribution in [0.5, 0.6) is 5.75 Å². The minimum Gasteiger partial charge on any atom is -0.490 e. The SMILES string of the molecule is O=C(O)c1cccc(OC2CCN(C(=O)CNC(=O)c3cc(-c4ccccc4)[nH]n3)CC2)c1. The molecule has 0 atom stereocenters. The van der Waals surface area contributed by atoms with Crippen molar-refractivity contribution in [2.24, 2.45) is 0 Å². The summed E-state index contributed by atoms with van der Waals surface area (Å²) < 4.78 is 5.89. The van der Waals surface area contributed by atoms with Crippen LogP contribution in [0.2, 0.25) is 0 Å². The molecule has 0 spiro atoms. The number of amides is 2.